The predicted octanol–water partition coefficient (Wildman–Crippen LogP) is 2.31. The zero-order valence-electron chi connectivity index (χ0n) is 12.2. The maximum absolute atomic E-state index is 11.0. The van der Waals surface area contributed by atoms with Gasteiger partial charge < -0.3 is 15.4 Å². The molecule has 8 nitrogen and oxygen atoms in total. The molecule has 0 aromatic carbocycles. The van der Waals surface area contributed by atoms with Crippen LogP contribution in [0.1, 0.15) is 13.8 Å². The van der Waals surface area contributed by atoms with Crippen molar-refractivity contribution in [3.05, 3.63) is 18.3 Å². The van der Waals surface area contributed by atoms with E-state index in [1.165, 1.54) is 0 Å². The predicted molar refractivity (Wildman–Crippen MR) is 83.7 cm³/mol. The summed E-state index contributed by atoms with van der Waals surface area (Å²) in [5.74, 6) is 0.772. The van der Waals surface area contributed by atoms with Crippen LogP contribution in [0.2, 0.25) is 0 Å². The molecule has 0 aliphatic rings. The van der Waals surface area contributed by atoms with Crippen LogP contribution >= 0.6 is 0 Å². The van der Waals surface area contributed by atoms with E-state index in [9.17, 15) is 4.79 Å². The number of amides is 1. The number of pyridine rings is 2. The Morgan fingerprint density at radius 1 is 1.41 bits per heavy atom. The number of fused-ring (bicyclic) bond motifs is 3. The van der Waals surface area contributed by atoms with Gasteiger partial charge >= 0.3 is 6.09 Å². The zero-order valence-corrected chi connectivity index (χ0v) is 12.2. The number of hydrogen-bond acceptors (Lipinski definition) is 5. The third-order valence-electron chi connectivity index (χ3n) is 3.23. The lowest BCUT2D eigenvalue weighted by Gasteiger charge is -2.12. The van der Waals surface area contributed by atoms with Gasteiger partial charge in [-0.15, -0.1) is 0 Å². The van der Waals surface area contributed by atoms with Crippen molar-refractivity contribution in [3.63, 3.8) is 0 Å². The molecule has 0 atom stereocenters. The van der Waals surface area contributed by atoms with E-state index >= 15 is 0 Å². The molecule has 0 spiro atoms. The molecule has 3 heterocycles. The van der Waals surface area contributed by atoms with Crippen molar-refractivity contribution >= 4 is 39.9 Å². The number of carboxylic acid groups (broad SMARTS) is 1. The minimum absolute atomic E-state index is 0.225. The average Bonchev–Trinajstić information content (AvgIpc) is 2.77. The number of nitrogens with zero attached hydrogens (tertiary/aromatic N) is 4. The summed E-state index contributed by atoms with van der Waals surface area (Å²) in [6.07, 6.45) is 0.487. The van der Waals surface area contributed by atoms with Crippen LogP contribution in [0.3, 0.4) is 0 Å². The van der Waals surface area contributed by atoms with Gasteiger partial charge in [0.05, 0.1) is 5.52 Å². The summed E-state index contributed by atoms with van der Waals surface area (Å²) in [6.45, 7) is 4.66. The fraction of sp³-hybridized carbons (Fsp3) is 0.286. The highest BCUT2D eigenvalue weighted by molar-refractivity contribution is 6.05. The Kier molecular flexibility index (Phi) is 3.28. The molecular weight excluding hydrogens is 284 g/mol. The Bertz CT molecular complexity index is 871. The van der Waals surface area contributed by atoms with E-state index in [1.807, 2.05) is 19.9 Å². The Hall–Kier alpha value is -2.90. The minimum atomic E-state index is -1.18. The molecule has 3 aromatic rings. The van der Waals surface area contributed by atoms with Crippen molar-refractivity contribution in [3.8, 4) is 0 Å². The molecule has 0 saturated heterocycles. The summed E-state index contributed by atoms with van der Waals surface area (Å²) in [6, 6.07) is 3.59. The topological polar surface area (TPSA) is 119 Å². The molecule has 0 aliphatic carbocycles. The number of rotatable bonds is 3. The van der Waals surface area contributed by atoms with Crippen molar-refractivity contribution in [2.24, 2.45) is 5.92 Å². The summed E-state index contributed by atoms with van der Waals surface area (Å²) in [4.78, 5) is 23.9. The quantitative estimate of drug-likeness (QED) is 0.683. The van der Waals surface area contributed by atoms with Crippen molar-refractivity contribution < 1.29 is 9.90 Å². The fourth-order valence-corrected chi connectivity index (χ4v) is 2.46. The lowest BCUT2D eigenvalue weighted by molar-refractivity contribution is 0.209. The summed E-state index contributed by atoms with van der Waals surface area (Å²) in [5.41, 5.74) is 8.43. The molecule has 0 bridgehead atoms. The first-order valence-electron chi connectivity index (χ1n) is 6.87. The highest BCUT2D eigenvalue weighted by Gasteiger charge is 2.19. The Labute approximate surface area is 126 Å². The molecule has 22 heavy (non-hydrogen) atoms. The monoisotopic (exact) mass is 300 g/mol. The van der Waals surface area contributed by atoms with E-state index in [1.54, 1.807) is 16.8 Å². The molecule has 3 aromatic heterocycles. The number of imidazole rings is 1. The number of nitrogens with two attached hydrogens (primary N) is 1. The first-order chi connectivity index (χ1) is 10.5. The highest BCUT2D eigenvalue weighted by Crippen LogP contribution is 2.29. The van der Waals surface area contributed by atoms with Crippen LogP contribution in [-0.4, -0.2) is 30.7 Å². The lowest BCUT2D eigenvalue weighted by atomic mass is 10.2. The normalized spacial score (nSPS) is 11.4. The molecule has 114 valence electrons. The molecule has 8 heteroatoms. The molecule has 3 rings (SSSR count). The van der Waals surface area contributed by atoms with Crippen LogP contribution in [0, 0.1) is 5.92 Å². The molecule has 0 unspecified atom stereocenters. The number of anilines is 2. The number of nitrogen functional groups attached to an aromatic ring is 1. The van der Waals surface area contributed by atoms with E-state index < -0.39 is 6.09 Å². The van der Waals surface area contributed by atoms with Gasteiger partial charge in [0.1, 0.15) is 16.6 Å². The number of aromatic nitrogens is 4. The van der Waals surface area contributed by atoms with Crippen LogP contribution in [0.4, 0.5) is 16.6 Å². The molecule has 0 fully saturated rings. The second-order valence-corrected chi connectivity index (χ2v) is 5.44. The molecule has 0 saturated carbocycles. The lowest BCUT2D eigenvalue weighted by Crippen LogP contribution is -2.15. The third-order valence-corrected chi connectivity index (χ3v) is 3.23. The van der Waals surface area contributed by atoms with Gasteiger partial charge in [-0.05, 0) is 18.1 Å². The molecule has 0 aliphatic heterocycles. The number of hydrogen-bond donors (Lipinski definition) is 3. The van der Waals surface area contributed by atoms with Gasteiger partial charge in [-0.25, -0.2) is 14.8 Å². The molecule has 0 radical (unpaired) electrons. The van der Waals surface area contributed by atoms with E-state index in [0.717, 1.165) is 0 Å². The zero-order chi connectivity index (χ0) is 15.9. The molecule has 1 amide bonds. The van der Waals surface area contributed by atoms with Gasteiger partial charge in [0, 0.05) is 12.7 Å². The maximum atomic E-state index is 11.0. The second kappa shape index (κ2) is 5.14. The standard InChI is InChI=1S/C14H16N6O2/c1-7(2)6-20-11-9-8(4-3-5-16-9)17-12(15)10(11)18-13(20)19-14(21)22/h3-5,7H,6H2,1-2H3,(H2,15,17)(H,18,19)(H,21,22). The van der Waals surface area contributed by atoms with Gasteiger partial charge in [-0.2, -0.15) is 0 Å². The summed E-state index contributed by atoms with van der Waals surface area (Å²) < 4.78 is 1.79. The summed E-state index contributed by atoms with van der Waals surface area (Å²) in [5, 5.41) is 11.3. The van der Waals surface area contributed by atoms with Gasteiger partial charge in [0.15, 0.2) is 5.82 Å². The van der Waals surface area contributed by atoms with Crippen LogP contribution in [0.5, 0.6) is 0 Å². The van der Waals surface area contributed by atoms with Crippen LogP contribution in [0.15, 0.2) is 18.3 Å². The smallest absolute Gasteiger partial charge is 0.411 e. The molecule has 4 N–H and O–H groups in total. The fourth-order valence-electron chi connectivity index (χ4n) is 2.46. The molecular formula is C14H16N6O2. The van der Waals surface area contributed by atoms with Crippen molar-refractivity contribution in [2.45, 2.75) is 20.4 Å². The second-order valence-electron chi connectivity index (χ2n) is 5.44. The van der Waals surface area contributed by atoms with Gasteiger partial charge in [-0.3, -0.25) is 10.3 Å². The SMILES string of the molecule is CC(C)Cn1c(NC(=O)O)nc2c(N)nc3cccnc3c21. The van der Waals surface area contributed by atoms with Crippen molar-refractivity contribution in [2.75, 3.05) is 11.1 Å². The first-order valence-corrected chi connectivity index (χ1v) is 6.87. The van der Waals surface area contributed by atoms with Crippen molar-refractivity contribution in [1.82, 2.24) is 19.5 Å². The number of carbonyl (C=O) groups is 1. The van der Waals surface area contributed by atoms with Gasteiger partial charge in [0.25, 0.3) is 0 Å². The third kappa shape index (κ3) is 2.28. The van der Waals surface area contributed by atoms with Crippen LogP contribution in [0.25, 0.3) is 22.1 Å². The minimum Gasteiger partial charge on any atom is -0.465 e. The highest BCUT2D eigenvalue weighted by atomic mass is 16.4. The van der Waals surface area contributed by atoms with E-state index in [-0.39, 0.29) is 11.8 Å². The Morgan fingerprint density at radius 2 is 2.18 bits per heavy atom. The average molecular weight is 300 g/mol. The first kappa shape index (κ1) is 14.1. The summed E-state index contributed by atoms with van der Waals surface area (Å²) >= 11 is 0. The van der Waals surface area contributed by atoms with Crippen molar-refractivity contribution in [1.29, 1.82) is 0 Å². The summed E-state index contributed by atoms with van der Waals surface area (Å²) in [7, 11) is 0. The van der Waals surface area contributed by atoms with Crippen LogP contribution < -0.4 is 11.1 Å². The van der Waals surface area contributed by atoms with Gasteiger partial charge in [-0.1, -0.05) is 13.8 Å². The Balaban J connectivity index is 2.39. The van der Waals surface area contributed by atoms with Gasteiger partial charge in [0.2, 0.25) is 5.95 Å². The van der Waals surface area contributed by atoms with E-state index in [4.69, 9.17) is 10.8 Å². The van der Waals surface area contributed by atoms with Crippen LogP contribution in [-0.2, 0) is 6.54 Å². The number of nitrogens with one attached hydrogen (secondary N) is 1. The Morgan fingerprint density at radius 3 is 2.86 bits per heavy atom. The van der Waals surface area contributed by atoms with E-state index in [2.05, 4.69) is 20.3 Å². The maximum Gasteiger partial charge on any atom is 0.411 e. The van der Waals surface area contributed by atoms with E-state index in [0.29, 0.717) is 34.5 Å². The largest absolute Gasteiger partial charge is 0.465 e.